The fraction of sp³-hybridized carbons (Fsp3) is 0.381. The molecule has 172 valence electrons. The van der Waals surface area contributed by atoms with E-state index in [9.17, 15) is 13.2 Å². The highest BCUT2D eigenvalue weighted by Gasteiger charge is 2.33. The topological polar surface area (TPSA) is 86.3 Å². The Morgan fingerprint density at radius 3 is 2.64 bits per heavy atom. The molecule has 12 heteroatoms. The first-order valence-electron chi connectivity index (χ1n) is 10.3. The minimum absolute atomic E-state index is 0.0615. The number of nitrogens with zero attached hydrogens (tertiary/aromatic N) is 8. The maximum atomic E-state index is 13.2. The Morgan fingerprint density at radius 1 is 1.09 bits per heavy atom. The van der Waals surface area contributed by atoms with Crippen molar-refractivity contribution >= 4 is 11.5 Å². The van der Waals surface area contributed by atoms with Gasteiger partial charge in [0.2, 0.25) is 0 Å². The quantitative estimate of drug-likeness (QED) is 0.466. The second-order valence-electron chi connectivity index (χ2n) is 8.08. The molecular formula is C21H21F3N8O. The summed E-state index contributed by atoms with van der Waals surface area (Å²) in [5.41, 5.74) is 1.98. The molecule has 1 aliphatic heterocycles. The smallest absolute Gasteiger partial charge is 0.367 e. The zero-order valence-corrected chi connectivity index (χ0v) is 18.2. The monoisotopic (exact) mass is 458 g/mol. The molecule has 1 aliphatic rings. The highest BCUT2D eigenvalue weighted by molar-refractivity contribution is 5.62. The van der Waals surface area contributed by atoms with Crippen LogP contribution in [0.4, 0.5) is 19.0 Å². The Labute approximate surface area is 186 Å². The molecule has 5 rings (SSSR count). The zero-order valence-electron chi connectivity index (χ0n) is 18.2. The van der Waals surface area contributed by atoms with Crippen LogP contribution in [0.25, 0.3) is 17.0 Å². The van der Waals surface area contributed by atoms with Crippen molar-refractivity contribution < 1.29 is 17.9 Å². The van der Waals surface area contributed by atoms with Crippen molar-refractivity contribution in [2.45, 2.75) is 32.2 Å². The largest absolute Gasteiger partial charge is 0.435 e. The lowest BCUT2D eigenvalue weighted by Crippen LogP contribution is -2.43. The number of anilines is 1. The third kappa shape index (κ3) is 4.01. The minimum Gasteiger partial charge on any atom is -0.367 e. The summed E-state index contributed by atoms with van der Waals surface area (Å²) in [7, 11) is 1.87. The fourth-order valence-electron chi connectivity index (χ4n) is 4.10. The first-order valence-corrected chi connectivity index (χ1v) is 10.3. The van der Waals surface area contributed by atoms with E-state index in [4.69, 9.17) is 4.74 Å². The van der Waals surface area contributed by atoms with Gasteiger partial charge in [-0.1, -0.05) is 0 Å². The van der Waals surface area contributed by atoms with E-state index in [2.05, 4.69) is 30.0 Å². The number of hydrogen-bond donors (Lipinski definition) is 0. The molecule has 5 heterocycles. The number of alkyl halides is 3. The van der Waals surface area contributed by atoms with Crippen LogP contribution < -0.4 is 4.90 Å². The van der Waals surface area contributed by atoms with Crippen LogP contribution in [0.1, 0.15) is 30.0 Å². The van der Waals surface area contributed by atoms with Crippen LogP contribution in [0.5, 0.6) is 0 Å². The fourth-order valence-corrected chi connectivity index (χ4v) is 4.10. The molecular weight excluding hydrogens is 437 g/mol. The standard InChI is InChI=1S/C21H21F3N8O/c1-12-8-31(10-17(33-12)14-9-30(3)28-13(14)2)20-6-15(26-11-27-20)16-7-25-19-5-4-18(21(22,23)24)29-32(16)19/h4-7,9,11-12,17H,8,10H2,1-3H3/t12-,17+/m1/s1. The van der Waals surface area contributed by atoms with Crippen LogP contribution in [0.3, 0.4) is 0 Å². The van der Waals surface area contributed by atoms with Crippen molar-refractivity contribution in [1.82, 2.24) is 34.3 Å². The van der Waals surface area contributed by atoms with Crippen molar-refractivity contribution in [3.05, 3.63) is 53.9 Å². The molecule has 1 saturated heterocycles. The molecule has 0 aromatic carbocycles. The van der Waals surface area contributed by atoms with Crippen molar-refractivity contribution in [2.24, 2.45) is 7.05 Å². The van der Waals surface area contributed by atoms with Gasteiger partial charge in [-0.25, -0.2) is 19.5 Å². The van der Waals surface area contributed by atoms with Gasteiger partial charge in [0.1, 0.15) is 23.9 Å². The van der Waals surface area contributed by atoms with Crippen LogP contribution in [0, 0.1) is 6.92 Å². The highest BCUT2D eigenvalue weighted by Crippen LogP contribution is 2.31. The third-order valence-corrected chi connectivity index (χ3v) is 5.55. The molecule has 0 aliphatic carbocycles. The van der Waals surface area contributed by atoms with Crippen LogP contribution in [-0.4, -0.2) is 53.5 Å². The molecule has 0 radical (unpaired) electrons. The zero-order chi connectivity index (χ0) is 23.3. The van der Waals surface area contributed by atoms with Gasteiger partial charge in [-0.2, -0.15) is 23.4 Å². The predicted octanol–water partition coefficient (Wildman–Crippen LogP) is 3.21. The van der Waals surface area contributed by atoms with Gasteiger partial charge in [0.25, 0.3) is 0 Å². The summed E-state index contributed by atoms with van der Waals surface area (Å²) in [5, 5.41) is 8.13. The van der Waals surface area contributed by atoms with Crippen molar-refractivity contribution in [3.63, 3.8) is 0 Å². The molecule has 4 aromatic rings. The molecule has 0 unspecified atom stereocenters. The third-order valence-electron chi connectivity index (χ3n) is 5.55. The number of aromatic nitrogens is 7. The number of ether oxygens (including phenoxy) is 1. The van der Waals surface area contributed by atoms with E-state index in [-0.39, 0.29) is 12.2 Å². The van der Waals surface area contributed by atoms with Crippen LogP contribution in [-0.2, 0) is 18.0 Å². The average Bonchev–Trinajstić information content (AvgIpc) is 3.34. The Balaban J connectivity index is 1.49. The lowest BCUT2D eigenvalue weighted by Gasteiger charge is -2.37. The van der Waals surface area contributed by atoms with Crippen molar-refractivity contribution in [3.8, 4) is 11.4 Å². The number of morpholine rings is 1. The Kier molecular flexibility index (Phi) is 5.04. The van der Waals surface area contributed by atoms with E-state index in [0.29, 0.717) is 35.9 Å². The van der Waals surface area contributed by atoms with Gasteiger partial charge in [-0.3, -0.25) is 4.68 Å². The highest BCUT2D eigenvalue weighted by atomic mass is 19.4. The van der Waals surface area contributed by atoms with Crippen molar-refractivity contribution in [1.29, 1.82) is 0 Å². The summed E-state index contributed by atoms with van der Waals surface area (Å²) in [4.78, 5) is 14.9. The van der Waals surface area contributed by atoms with Crippen LogP contribution >= 0.6 is 0 Å². The maximum Gasteiger partial charge on any atom is 0.435 e. The normalized spacial score (nSPS) is 19.4. The van der Waals surface area contributed by atoms with E-state index >= 15 is 0 Å². The molecule has 9 nitrogen and oxygen atoms in total. The molecule has 0 N–H and O–H groups in total. The Bertz CT molecular complexity index is 1310. The molecule has 0 bridgehead atoms. The number of fused-ring (bicyclic) bond motifs is 1. The lowest BCUT2D eigenvalue weighted by atomic mass is 10.1. The summed E-state index contributed by atoms with van der Waals surface area (Å²) in [5.74, 6) is 0.642. The van der Waals surface area contributed by atoms with Gasteiger partial charge in [0, 0.05) is 31.4 Å². The van der Waals surface area contributed by atoms with E-state index < -0.39 is 11.9 Å². The predicted molar refractivity (Wildman–Crippen MR) is 112 cm³/mol. The van der Waals surface area contributed by atoms with Gasteiger partial charge in [0.15, 0.2) is 11.3 Å². The number of hydrogen-bond acceptors (Lipinski definition) is 7. The van der Waals surface area contributed by atoms with E-state index in [1.807, 2.05) is 27.1 Å². The van der Waals surface area contributed by atoms with Crippen LogP contribution in [0.2, 0.25) is 0 Å². The van der Waals surface area contributed by atoms with E-state index in [0.717, 1.165) is 21.8 Å². The summed E-state index contributed by atoms with van der Waals surface area (Å²) in [6.45, 7) is 5.09. The Morgan fingerprint density at radius 2 is 1.91 bits per heavy atom. The summed E-state index contributed by atoms with van der Waals surface area (Å²) in [6.07, 6.45) is -0.0124. The first kappa shape index (κ1) is 21.3. The second-order valence-corrected chi connectivity index (χ2v) is 8.08. The minimum atomic E-state index is -4.56. The van der Waals surface area contributed by atoms with Crippen molar-refractivity contribution in [2.75, 3.05) is 18.0 Å². The average molecular weight is 458 g/mol. The summed E-state index contributed by atoms with van der Waals surface area (Å²) >= 11 is 0. The summed E-state index contributed by atoms with van der Waals surface area (Å²) < 4.78 is 48.5. The molecule has 1 fully saturated rings. The SMILES string of the molecule is Cc1nn(C)cc1[C@@H]1CN(c2cc(-c3cnc4ccc(C(F)(F)F)nn34)ncn2)C[C@@H](C)O1. The first-order chi connectivity index (χ1) is 15.7. The number of aryl methyl sites for hydroxylation is 2. The molecule has 0 spiro atoms. The summed E-state index contributed by atoms with van der Waals surface area (Å²) in [6, 6.07) is 3.93. The van der Waals surface area contributed by atoms with Crippen LogP contribution in [0.15, 0.2) is 36.9 Å². The second kappa shape index (κ2) is 7.80. The molecule has 0 amide bonds. The molecule has 4 aromatic heterocycles. The van der Waals surface area contributed by atoms with Gasteiger partial charge < -0.3 is 9.64 Å². The maximum absolute atomic E-state index is 13.2. The number of halogens is 3. The molecule has 0 saturated carbocycles. The number of imidazole rings is 1. The van der Waals surface area contributed by atoms with E-state index in [1.165, 1.54) is 18.6 Å². The van der Waals surface area contributed by atoms with Gasteiger partial charge >= 0.3 is 6.18 Å². The molecule has 2 atom stereocenters. The van der Waals surface area contributed by atoms with Gasteiger partial charge in [-0.05, 0) is 26.0 Å². The lowest BCUT2D eigenvalue weighted by molar-refractivity contribution is -0.141. The molecule has 33 heavy (non-hydrogen) atoms. The van der Waals surface area contributed by atoms with Gasteiger partial charge in [-0.15, -0.1) is 0 Å². The number of rotatable bonds is 3. The van der Waals surface area contributed by atoms with E-state index in [1.54, 1.807) is 10.7 Å². The Hall–Kier alpha value is -3.54. The van der Waals surface area contributed by atoms with Gasteiger partial charge in [0.05, 0.1) is 30.2 Å².